The van der Waals surface area contributed by atoms with Crippen LogP contribution in [0.3, 0.4) is 0 Å². The molecule has 0 amide bonds. The number of methoxy groups -OCH3 is 1. The molecule has 0 aliphatic carbocycles. The van der Waals surface area contributed by atoms with Crippen molar-refractivity contribution in [2.24, 2.45) is 0 Å². The van der Waals surface area contributed by atoms with Gasteiger partial charge in [-0.25, -0.2) is 0 Å². The Balaban J connectivity index is 0.00000208. The van der Waals surface area contributed by atoms with Gasteiger partial charge in [-0.1, -0.05) is 30.3 Å². The molecular formula is C20H26ClNO2. The monoisotopic (exact) mass is 347 g/mol. The number of hydrogen-bond donors (Lipinski definition) is 1. The minimum absolute atomic E-state index is 0. The number of halogens is 1. The number of rotatable bonds is 7. The first-order chi connectivity index (χ1) is 11.3. The van der Waals surface area contributed by atoms with Crippen molar-refractivity contribution in [2.45, 2.75) is 31.7 Å². The largest absolute Gasteiger partial charge is 0.497 e. The highest BCUT2D eigenvalue weighted by atomic mass is 35.5. The molecule has 1 aliphatic rings. The van der Waals surface area contributed by atoms with Gasteiger partial charge in [0.05, 0.1) is 7.11 Å². The second kappa shape index (κ2) is 9.55. The van der Waals surface area contributed by atoms with Crippen molar-refractivity contribution in [1.82, 2.24) is 5.32 Å². The van der Waals surface area contributed by atoms with E-state index in [0.717, 1.165) is 37.5 Å². The van der Waals surface area contributed by atoms with E-state index >= 15 is 0 Å². The summed E-state index contributed by atoms with van der Waals surface area (Å²) >= 11 is 0. The molecule has 24 heavy (non-hydrogen) atoms. The molecule has 0 saturated carbocycles. The van der Waals surface area contributed by atoms with E-state index in [1.807, 2.05) is 18.2 Å². The van der Waals surface area contributed by atoms with Crippen molar-refractivity contribution >= 4 is 12.4 Å². The Labute approximate surface area is 150 Å². The molecule has 1 saturated heterocycles. The highest BCUT2D eigenvalue weighted by Gasteiger charge is 2.15. The molecule has 1 N–H and O–H groups in total. The maximum Gasteiger partial charge on any atom is 0.122 e. The summed E-state index contributed by atoms with van der Waals surface area (Å²) in [6.07, 6.45) is 4.43. The average Bonchev–Trinajstić information content (AvgIpc) is 3.12. The van der Waals surface area contributed by atoms with E-state index in [-0.39, 0.29) is 12.4 Å². The van der Waals surface area contributed by atoms with E-state index in [2.05, 4.69) is 35.6 Å². The smallest absolute Gasteiger partial charge is 0.122 e. The van der Waals surface area contributed by atoms with E-state index in [9.17, 15) is 0 Å². The van der Waals surface area contributed by atoms with Gasteiger partial charge in [0.25, 0.3) is 0 Å². The maximum atomic E-state index is 6.07. The zero-order valence-corrected chi connectivity index (χ0v) is 15.0. The van der Waals surface area contributed by atoms with E-state index in [4.69, 9.17) is 9.47 Å². The molecule has 1 atom stereocenters. The number of hydrogen-bond acceptors (Lipinski definition) is 3. The molecule has 1 aliphatic heterocycles. The first-order valence-electron chi connectivity index (χ1n) is 8.42. The van der Waals surface area contributed by atoms with Crippen molar-refractivity contribution < 1.29 is 9.47 Å². The van der Waals surface area contributed by atoms with Crippen LogP contribution in [0.15, 0.2) is 48.5 Å². The second-order valence-corrected chi connectivity index (χ2v) is 6.06. The fraction of sp³-hybridized carbons (Fsp3) is 0.400. The standard InChI is InChI=1S/C20H25NO2.ClH/c1-22-19-9-4-6-16(14-19)11-12-17-7-2-3-10-20(17)23-15-18-8-5-13-21-18;/h2-4,6-7,9-10,14,18,21H,5,8,11-13,15H2,1H3;1H/t18-;/m1./s1. The summed E-state index contributed by atoms with van der Waals surface area (Å²) in [7, 11) is 1.71. The Morgan fingerprint density at radius 3 is 2.75 bits per heavy atom. The summed E-state index contributed by atoms with van der Waals surface area (Å²) < 4.78 is 11.4. The Kier molecular flexibility index (Phi) is 7.41. The van der Waals surface area contributed by atoms with Gasteiger partial charge in [0.15, 0.2) is 0 Å². The van der Waals surface area contributed by atoms with E-state index in [1.54, 1.807) is 7.11 Å². The van der Waals surface area contributed by atoms with Crippen molar-refractivity contribution in [3.63, 3.8) is 0 Å². The molecule has 2 aromatic carbocycles. The summed E-state index contributed by atoms with van der Waals surface area (Å²) in [5.74, 6) is 1.93. The van der Waals surface area contributed by atoms with Crippen molar-refractivity contribution in [3.05, 3.63) is 59.7 Å². The predicted molar refractivity (Wildman–Crippen MR) is 101 cm³/mol. The first kappa shape index (κ1) is 18.6. The third-order valence-corrected chi connectivity index (χ3v) is 4.39. The van der Waals surface area contributed by atoms with Gasteiger partial charge in [-0.05, 0) is 61.6 Å². The normalized spacial score (nSPS) is 16.5. The van der Waals surface area contributed by atoms with E-state index < -0.39 is 0 Å². The van der Waals surface area contributed by atoms with Crippen LogP contribution in [0.1, 0.15) is 24.0 Å². The molecule has 130 valence electrons. The van der Waals surface area contributed by atoms with Crippen LogP contribution in [0.2, 0.25) is 0 Å². The number of nitrogens with one attached hydrogen (secondary N) is 1. The van der Waals surface area contributed by atoms with Gasteiger partial charge in [0.1, 0.15) is 18.1 Å². The van der Waals surface area contributed by atoms with Gasteiger partial charge in [0.2, 0.25) is 0 Å². The molecule has 1 fully saturated rings. The lowest BCUT2D eigenvalue weighted by atomic mass is 10.0. The van der Waals surface area contributed by atoms with Crippen LogP contribution in [0.4, 0.5) is 0 Å². The summed E-state index contributed by atoms with van der Waals surface area (Å²) in [4.78, 5) is 0. The number of aryl methyl sites for hydroxylation is 2. The molecule has 4 heteroatoms. The van der Waals surface area contributed by atoms with Crippen LogP contribution in [-0.2, 0) is 12.8 Å². The Hall–Kier alpha value is -1.71. The molecule has 3 rings (SSSR count). The maximum absolute atomic E-state index is 6.07. The third-order valence-electron chi connectivity index (χ3n) is 4.39. The number of para-hydroxylation sites is 1. The molecule has 1 heterocycles. The molecule has 0 radical (unpaired) electrons. The molecule has 3 nitrogen and oxygen atoms in total. The Bertz CT molecular complexity index is 627. The topological polar surface area (TPSA) is 30.5 Å². The van der Waals surface area contributed by atoms with Crippen molar-refractivity contribution in [1.29, 1.82) is 0 Å². The fourth-order valence-corrected chi connectivity index (χ4v) is 3.05. The quantitative estimate of drug-likeness (QED) is 0.820. The molecule has 0 spiro atoms. The summed E-state index contributed by atoms with van der Waals surface area (Å²) in [5.41, 5.74) is 2.56. The minimum atomic E-state index is 0. The second-order valence-electron chi connectivity index (χ2n) is 6.06. The lowest BCUT2D eigenvalue weighted by Crippen LogP contribution is -2.28. The van der Waals surface area contributed by atoms with Crippen molar-refractivity contribution in [2.75, 3.05) is 20.3 Å². The molecule has 0 unspecified atom stereocenters. The predicted octanol–water partition coefficient (Wildman–Crippen LogP) is 4.03. The van der Waals surface area contributed by atoms with Gasteiger partial charge in [-0.3, -0.25) is 0 Å². The summed E-state index contributed by atoms with van der Waals surface area (Å²) in [6, 6.07) is 17.2. The lowest BCUT2D eigenvalue weighted by Gasteiger charge is -2.15. The SMILES string of the molecule is COc1cccc(CCc2ccccc2OC[C@H]2CCCN2)c1.Cl. The molecule has 2 aromatic rings. The highest BCUT2D eigenvalue weighted by molar-refractivity contribution is 5.85. The fourth-order valence-electron chi connectivity index (χ4n) is 3.05. The van der Waals surface area contributed by atoms with Crippen LogP contribution in [0.5, 0.6) is 11.5 Å². The van der Waals surface area contributed by atoms with Gasteiger partial charge in [-0.2, -0.15) is 0 Å². The van der Waals surface area contributed by atoms with Crippen LogP contribution in [-0.4, -0.2) is 26.3 Å². The Morgan fingerprint density at radius 1 is 1.08 bits per heavy atom. The minimum Gasteiger partial charge on any atom is -0.497 e. The van der Waals surface area contributed by atoms with E-state index in [1.165, 1.54) is 24.0 Å². The van der Waals surface area contributed by atoms with Crippen molar-refractivity contribution in [3.8, 4) is 11.5 Å². The molecule has 0 bridgehead atoms. The van der Waals surface area contributed by atoms with Crippen LogP contribution in [0.25, 0.3) is 0 Å². The molecule has 0 aromatic heterocycles. The van der Waals surface area contributed by atoms with Gasteiger partial charge in [0, 0.05) is 6.04 Å². The number of benzene rings is 2. The van der Waals surface area contributed by atoms with Crippen LogP contribution < -0.4 is 14.8 Å². The van der Waals surface area contributed by atoms with Crippen LogP contribution >= 0.6 is 12.4 Å². The third kappa shape index (κ3) is 5.15. The zero-order valence-electron chi connectivity index (χ0n) is 14.2. The number of ether oxygens (including phenoxy) is 2. The lowest BCUT2D eigenvalue weighted by molar-refractivity contribution is 0.274. The van der Waals surface area contributed by atoms with Crippen LogP contribution in [0, 0.1) is 0 Å². The summed E-state index contributed by atoms with van der Waals surface area (Å²) in [6.45, 7) is 1.88. The summed E-state index contributed by atoms with van der Waals surface area (Å²) in [5, 5.41) is 3.48. The first-order valence-corrected chi connectivity index (χ1v) is 8.42. The van der Waals surface area contributed by atoms with E-state index in [0.29, 0.717) is 6.04 Å². The van der Waals surface area contributed by atoms with Gasteiger partial charge < -0.3 is 14.8 Å². The highest BCUT2D eigenvalue weighted by Crippen LogP contribution is 2.22. The van der Waals surface area contributed by atoms with Gasteiger partial charge >= 0.3 is 0 Å². The average molecular weight is 348 g/mol. The van der Waals surface area contributed by atoms with Gasteiger partial charge in [-0.15, -0.1) is 12.4 Å². The Morgan fingerprint density at radius 2 is 1.96 bits per heavy atom. The zero-order chi connectivity index (χ0) is 15.9. The molecular weight excluding hydrogens is 322 g/mol.